The number of piperidine rings is 1. The van der Waals surface area contributed by atoms with E-state index in [1.807, 2.05) is 36.4 Å². The maximum Gasteiger partial charge on any atom is 0.251 e. The fraction of sp³-hybridized carbons (Fsp3) is 0.381. The zero-order valence-electron chi connectivity index (χ0n) is 15.1. The van der Waals surface area contributed by atoms with Crippen LogP contribution in [0.5, 0.6) is 0 Å². The molecule has 138 valence electrons. The Labute approximate surface area is 165 Å². The molecule has 0 saturated carbocycles. The van der Waals surface area contributed by atoms with Crippen LogP contribution in [0.25, 0.3) is 11.1 Å². The van der Waals surface area contributed by atoms with Crippen molar-refractivity contribution in [2.45, 2.75) is 38.8 Å². The molecule has 2 aromatic rings. The van der Waals surface area contributed by atoms with Crippen molar-refractivity contribution in [2.75, 3.05) is 13.1 Å². The van der Waals surface area contributed by atoms with Gasteiger partial charge in [0, 0.05) is 34.2 Å². The van der Waals surface area contributed by atoms with E-state index in [0.717, 1.165) is 37.1 Å². The summed E-state index contributed by atoms with van der Waals surface area (Å²) in [6.45, 7) is 6.41. The number of benzene rings is 2. The molecule has 0 unspecified atom stereocenters. The molecule has 3 rings (SSSR count). The Balaban J connectivity index is 1.74. The van der Waals surface area contributed by atoms with E-state index in [1.165, 1.54) is 0 Å². The van der Waals surface area contributed by atoms with Crippen molar-refractivity contribution < 1.29 is 4.79 Å². The highest BCUT2D eigenvalue weighted by Gasteiger charge is 2.23. The van der Waals surface area contributed by atoms with E-state index in [-0.39, 0.29) is 11.9 Å². The molecule has 1 fully saturated rings. The average Bonchev–Trinajstić information content (AvgIpc) is 2.61. The zero-order valence-corrected chi connectivity index (χ0v) is 16.6. The molecular weight excluding hydrogens is 367 g/mol. The van der Waals surface area contributed by atoms with Gasteiger partial charge in [-0.15, -0.1) is 0 Å². The van der Waals surface area contributed by atoms with Crippen molar-refractivity contribution in [3.63, 3.8) is 0 Å². The molecule has 0 radical (unpaired) electrons. The fourth-order valence-corrected chi connectivity index (χ4v) is 3.95. The number of halogens is 2. The molecule has 26 heavy (non-hydrogen) atoms. The largest absolute Gasteiger partial charge is 0.348 e. The van der Waals surface area contributed by atoms with Gasteiger partial charge in [-0.3, -0.25) is 9.69 Å². The molecule has 3 nitrogen and oxygen atoms in total. The van der Waals surface area contributed by atoms with Crippen molar-refractivity contribution in [1.29, 1.82) is 0 Å². The summed E-state index contributed by atoms with van der Waals surface area (Å²) in [4.78, 5) is 15.1. The maximum atomic E-state index is 12.7. The number of nitrogens with one attached hydrogen (secondary N) is 1. The fourth-order valence-electron chi connectivity index (χ4n) is 3.42. The first kappa shape index (κ1) is 19.2. The van der Waals surface area contributed by atoms with E-state index >= 15 is 0 Å². The minimum absolute atomic E-state index is 0.0319. The lowest BCUT2D eigenvalue weighted by Gasteiger charge is -2.35. The molecule has 1 N–H and O–H groups in total. The maximum absolute atomic E-state index is 12.7. The van der Waals surface area contributed by atoms with E-state index in [4.69, 9.17) is 23.2 Å². The summed E-state index contributed by atoms with van der Waals surface area (Å²) in [7, 11) is 0. The summed E-state index contributed by atoms with van der Waals surface area (Å²) in [5, 5.41) is 4.35. The number of amides is 1. The molecule has 1 aliphatic rings. The van der Waals surface area contributed by atoms with Gasteiger partial charge >= 0.3 is 0 Å². The smallest absolute Gasteiger partial charge is 0.251 e. The second kappa shape index (κ2) is 8.43. The number of carbonyl (C=O) groups is 1. The molecule has 1 aliphatic heterocycles. The molecule has 1 amide bonds. The van der Waals surface area contributed by atoms with Crippen LogP contribution in [0.1, 0.15) is 37.0 Å². The summed E-state index contributed by atoms with van der Waals surface area (Å²) in [6, 6.07) is 13.7. The summed E-state index contributed by atoms with van der Waals surface area (Å²) < 4.78 is 0. The first-order valence-electron chi connectivity index (χ1n) is 9.04. The molecule has 2 aromatic carbocycles. The molecule has 0 aliphatic carbocycles. The van der Waals surface area contributed by atoms with E-state index in [2.05, 4.69) is 24.1 Å². The number of nitrogens with zero attached hydrogens (tertiary/aromatic N) is 1. The van der Waals surface area contributed by atoms with Crippen LogP contribution in [0, 0.1) is 0 Å². The van der Waals surface area contributed by atoms with Crippen LogP contribution < -0.4 is 5.32 Å². The first-order valence-corrected chi connectivity index (χ1v) is 9.79. The molecule has 5 heteroatoms. The third kappa shape index (κ3) is 4.79. The Morgan fingerprint density at radius 3 is 2.54 bits per heavy atom. The van der Waals surface area contributed by atoms with Gasteiger partial charge in [0.25, 0.3) is 5.91 Å². The number of hydrogen-bond acceptors (Lipinski definition) is 2. The van der Waals surface area contributed by atoms with Crippen LogP contribution in [-0.2, 0) is 0 Å². The van der Waals surface area contributed by atoms with Gasteiger partial charge in [-0.2, -0.15) is 0 Å². The predicted octanol–water partition coefficient (Wildman–Crippen LogP) is 5.26. The highest BCUT2D eigenvalue weighted by Crippen LogP contribution is 2.27. The predicted molar refractivity (Wildman–Crippen MR) is 109 cm³/mol. The number of carbonyl (C=O) groups excluding carboxylic acids is 1. The standard InChI is InChI=1S/C21H24Cl2N2O/c1-14(2)25-8-4-7-20(13-25)24-21(26)16-6-3-5-15(9-16)17-10-18(22)12-19(23)11-17/h3,5-6,9-12,14,20H,4,7-8,13H2,1-2H3,(H,24,26)/t20-/m1/s1. The molecule has 1 atom stereocenters. The lowest BCUT2D eigenvalue weighted by atomic mass is 10.0. The van der Waals surface area contributed by atoms with Crippen LogP contribution in [-0.4, -0.2) is 36.0 Å². The lowest BCUT2D eigenvalue weighted by Crippen LogP contribution is -2.49. The Morgan fingerprint density at radius 1 is 1.12 bits per heavy atom. The zero-order chi connectivity index (χ0) is 18.7. The van der Waals surface area contributed by atoms with Crippen LogP contribution in [0.2, 0.25) is 10.0 Å². The van der Waals surface area contributed by atoms with Crippen molar-refractivity contribution in [3.05, 3.63) is 58.1 Å². The molecule has 0 bridgehead atoms. The molecule has 0 aromatic heterocycles. The van der Waals surface area contributed by atoms with Gasteiger partial charge in [-0.25, -0.2) is 0 Å². The Bertz CT molecular complexity index is 771. The van der Waals surface area contributed by atoms with Crippen molar-refractivity contribution >= 4 is 29.1 Å². The summed E-state index contributed by atoms with van der Waals surface area (Å²) >= 11 is 12.2. The van der Waals surface area contributed by atoms with Gasteiger partial charge < -0.3 is 5.32 Å². The number of hydrogen-bond donors (Lipinski definition) is 1. The number of rotatable bonds is 4. The summed E-state index contributed by atoms with van der Waals surface area (Å²) in [5.74, 6) is -0.0319. The highest BCUT2D eigenvalue weighted by atomic mass is 35.5. The van der Waals surface area contributed by atoms with E-state index < -0.39 is 0 Å². The normalized spacial score (nSPS) is 18.1. The van der Waals surface area contributed by atoms with Crippen molar-refractivity contribution in [1.82, 2.24) is 10.2 Å². The van der Waals surface area contributed by atoms with Gasteiger partial charge in [0.1, 0.15) is 0 Å². The van der Waals surface area contributed by atoms with Gasteiger partial charge in [0.15, 0.2) is 0 Å². The summed E-state index contributed by atoms with van der Waals surface area (Å²) in [5.41, 5.74) is 2.48. The summed E-state index contributed by atoms with van der Waals surface area (Å²) in [6.07, 6.45) is 2.14. The molecule has 0 spiro atoms. The molecule has 1 heterocycles. The van der Waals surface area contributed by atoms with E-state index in [0.29, 0.717) is 21.7 Å². The SMILES string of the molecule is CC(C)N1CCC[C@@H](NC(=O)c2cccc(-c3cc(Cl)cc(Cl)c3)c2)C1. The first-order chi connectivity index (χ1) is 12.4. The monoisotopic (exact) mass is 390 g/mol. The highest BCUT2D eigenvalue weighted by molar-refractivity contribution is 6.35. The van der Waals surface area contributed by atoms with Crippen LogP contribution in [0.3, 0.4) is 0 Å². The lowest BCUT2D eigenvalue weighted by molar-refractivity contribution is 0.0886. The van der Waals surface area contributed by atoms with E-state index in [9.17, 15) is 4.79 Å². The minimum atomic E-state index is -0.0319. The second-order valence-corrected chi connectivity index (χ2v) is 8.01. The van der Waals surface area contributed by atoms with Crippen LogP contribution in [0.4, 0.5) is 0 Å². The minimum Gasteiger partial charge on any atom is -0.348 e. The van der Waals surface area contributed by atoms with Crippen LogP contribution >= 0.6 is 23.2 Å². The van der Waals surface area contributed by atoms with Gasteiger partial charge in [0.2, 0.25) is 0 Å². The number of likely N-dealkylation sites (tertiary alicyclic amines) is 1. The molecule has 1 saturated heterocycles. The quantitative estimate of drug-likeness (QED) is 0.771. The van der Waals surface area contributed by atoms with Gasteiger partial charge in [-0.05, 0) is 74.7 Å². The third-order valence-electron chi connectivity index (χ3n) is 4.84. The van der Waals surface area contributed by atoms with Crippen molar-refractivity contribution in [2.24, 2.45) is 0 Å². The van der Waals surface area contributed by atoms with E-state index in [1.54, 1.807) is 6.07 Å². The second-order valence-electron chi connectivity index (χ2n) is 7.14. The topological polar surface area (TPSA) is 32.3 Å². The van der Waals surface area contributed by atoms with Crippen molar-refractivity contribution in [3.8, 4) is 11.1 Å². The van der Waals surface area contributed by atoms with Crippen LogP contribution in [0.15, 0.2) is 42.5 Å². The third-order valence-corrected chi connectivity index (χ3v) is 5.28. The van der Waals surface area contributed by atoms with Gasteiger partial charge in [-0.1, -0.05) is 35.3 Å². The molecular formula is C21H24Cl2N2O. The Hall–Kier alpha value is -1.55. The van der Waals surface area contributed by atoms with Gasteiger partial charge in [0.05, 0.1) is 0 Å². The Morgan fingerprint density at radius 2 is 1.85 bits per heavy atom. The average molecular weight is 391 g/mol. The Kier molecular flexibility index (Phi) is 6.23.